The molecule has 0 saturated carbocycles. The first-order valence-electron chi connectivity index (χ1n) is 7.60. The number of hydrogen-bond donors (Lipinski definition) is 0. The van der Waals surface area contributed by atoms with Crippen molar-refractivity contribution >= 4 is 36.4 Å². The van der Waals surface area contributed by atoms with Crippen LogP contribution in [0.2, 0.25) is 25.7 Å². The predicted molar refractivity (Wildman–Crippen MR) is 97.5 cm³/mol. The van der Waals surface area contributed by atoms with Crippen molar-refractivity contribution in [3.63, 3.8) is 0 Å². The van der Waals surface area contributed by atoms with Crippen molar-refractivity contribution < 1.29 is 18.0 Å². The number of halogens is 4. The molecule has 0 aromatic heterocycles. The second kappa shape index (κ2) is 7.12. The van der Waals surface area contributed by atoms with Crippen LogP contribution in [0.4, 0.5) is 13.2 Å². The van der Waals surface area contributed by atoms with Gasteiger partial charge < -0.3 is 4.84 Å². The zero-order valence-corrected chi connectivity index (χ0v) is 16.6. The Morgan fingerprint density at radius 2 is 1.91 bits per heavy atom. The minimum Gasteiger partial charge on any atom is -0.393 e. The summed E-state index contributed by atoms with van der Waals surface area (Å²) in [4.78, 5) is 5.19. The van der Waals surface area contributed by atoms with Crippen molar-refractivity contribution in [3.05, 3.63) is 33.4 Å². The molecule has 128 valence electrons. The van der Waals surface area contributed by atoms with Crippen molar-refractivity contribution in [2.24, 2.45) is 11.1 Å². The average Bonchev–Trinajstić information content (AvgIpc) is 2.38. The highest BCUT2D eigenvalue weighted by Crippen LogP contribution is 2.34. The maximum Gasteiger partial charge on any atom is 0.432 e. The molecule has 1 heterocycles. The molecular weight excluding hydrogens is 434 g/mol. The topological polar surface area (TPSA) is 21.6 Å². The first-order valence-corrected chi connectivity index (χ1v) is 12.4. The number of alkyl halides is 3. The lowest BCUT2D eigenvalue weighted by Crippen LogP contribution is -2.40. The number of oxime groups is 1. The minimum absolute atomic E-state index is 0.209. The Labute approximate surface area is 149 Å². The van der Waals surface area contributed by atoms with E-state index in [2.05, 4.69) is 47.4 Å². The van der Waals surface area contributed by atoms with Gasteiger partial charge >= 0.3 is 6.18 Å². The van der Waals surface area contributed by atoms with Crippen molar-refractivity contribution in [2.75, 3.05) is 0 Å². The van der Waals surface area contributed by atoms with E-state index < -0.39 is 25.9 Å². The van der Waals surface area contributed by atoms with Crippen LogP contribution in [0.5, 0.6) is 0 Å². The van der Waals surface area contributed by atoms with E-state index in [1.165, 1.54) is 0 Å². The molecule has 0 N–H and O–H groups in total. The third-order valence-electron chi connectivity index (χ3n) is 3.79. The molecule has 23 heavy (non-hydrogen) atoms. The number of rotatable bonds is 4. The Morgan fingerprint density at radius 1 is 1.26 bits per heavy atom. The van der Waals surface area contributed by atoms with E-state index in [9.17, 15) is 13.2 Å². The van der Waals surface area contributed by atoms with Gasteiger partial charge in [0.05, 0.1) is 0 Å². The first-order chi connectivity index (χ1) is 10.6. The summed E-state index contributed by atoms with van der Waals surface area (Å²) < 4.78 is 40.8. The van der Waals surface area contributed by atoms with Crippen LogP contribution in [0.15, 0.2) is 29.4 Å². The van der Waals surface area contributed by atoms with Crippen molar-refractivity contribution in [1.29, 1.82) is 0 Å². The molecule has 1 aliphatic heterocycles. The van der Waals surface area contributed by atoms with E-state index in [0.717, 1.165) is 15.2 Å². The van der Waals surface area contributed by atoms with Crippen LogP contribution in [0.3, 0.4) is 0 Å². The van der Waals surface area contributed by atoms with Gasteiger partial charge in [0.1, 0.15) is 6.10 Å². The van der Waals surface area contributed by atoms with Crippen LogP contribution in [0.25, 0.3) is 0 Å². The molecule has 2 nitrogen and oxygen atoms in total. The van der Waals surface area contributed by atoms with Crippen LogP contribution in [-0.2, 0) is 11.3 Å². The fraction of sp³-hybridized carbons (Fsp3) is 0.562. The van der Waals surface area contributed by atoms with E-state index in [1.54, 1.807) is 0 Å². The van der Waals surface area contributed by atoms with Gasteiger partial charge in [-0.1, -0.05) is 43.0 Å². The molecule has 0 saturated heterocycles. The first kappa shape index (κ1) is 18.8. The normalized spacial score (nSPS) is 22.5. The predicted octanol–water partition coefficient (Wildman–Crippen LogP) is 5.50. The van der Waals surface area contributed by atoms with Gasteiger partial charge in [0, 0.05) is 17.6 Å². The molecule has 0 aliphatic carbocycles. The Kier molecular flexibility index (Phi) is 5.81. The van der Waals surface area contributed by atoms with E-state index in [-0.39, 0.29) is 6.10 Å². The summed E-state index contributed by atoms with van der Waals surface area (Å²) >= 11 is 2.17. The molecule has 0 fully saturated rings. The molecule has 0 spiro atoms. The largest absolute Gasteiger partial charge is 0.432 e. The molecule has 1 aromatic carbocycles. The Hall–Kier alpha value is -0.573. The maximum atomic E-state index is 13.3. The number of hydrogen-bond acceptors (Lipinski definition) is 2. The Morgan fingerprint density at radius 3 is 2.48 bits per heavy atom. The van der Waals surface area contributed by atoms with Gasteiger partial charge in [-0.3, -0.25) is 0 Å². The van der Waals surface area contributed by atoms with Gasteiger partial charge in [-0.2, -0.15) is 13.2 Å². The van der Waals surface area contributed by atoms with Crippen LogP contribution in [0, 0.1) is 9.49 Å². The molecule has 2 atom stereocenters. The summed E-state index contributed by atoms with van der Waals surface area (Å²) in [6.45, 7) is 6.57. The van der Waals surface area contributed by atoms with Gasteiger partial charge in [0.25, 0.3) is 0 Å². The fourth-order valence-corrected chi connectivity index (χ4v) is 5.09. The van der Waals surface area contributed by atoms with Crippen LogP contribution in [0.1, 0.15) is 12.0 Å². The van der Waals surface area contributed by atoms with E-state index in [4.69, 9.17) is 4.84 Å². The zero-order valence-electron chi connectivity index (χ0n) is 13.5. The molecule has 2 rings (SSSR count). The molecule has 0 bridgehead atoms. The lowest BCUT2D eigenvalue weighted by atomic mass is 9.88. The van der Waals surface area contributed by atoms with Crippen molar-refractivity contribution in [2.45, 2.75) is 50.8 Å². The Balaban J connectivity index is 2.23. The highest BCUT2D eigenvalue weighted by atomic mass is 127. The molecular formula is C16H21F3INOSi. The van der Waals surface area contributed by atoms with E-state index in [0.29, 0.717) is 12.8 Å². The summed E-state index contributed by atoms with van der Waals surface area (Å²) in [5.74, 6) is -0.638. The standard InChI is InChI=1S/C16H21F3INOSi/c1-23(2,3)10-13-9-12(15(21-22-13)16(17,18)19)8-11-6-4-5-7-14(11)20/h4-7,12-13H,8-10H2,1-3H3/t12-,13-/m1/s1. The third kappa shape index (κ3) is 5.48. The number of nitrogens with zero attached hydrogens (tertiary/aromatic N) is 1. The smallest absolute Gasteiger partial charge is 0.393 e. The molecule has 0 unspecified atom stereocenters. The highest BCUT2D eigenvalue weighted by Gasteiger charge is 2.45. The highest BCUT2D eigenvalue weighted by molar-refractivity contribution is 14.1. The molecule has 1 aliphatic rings. The van der Waals surface area contributed by atoms with E-state index in [1.807, 2.05) is 24.3 Å². The van der Waals surface area contributed by atoms with Crippen molar-refractivity contribution in [1.82, 2.24) is 0 Å². The third-order valence-corrected chi connectivity index (χ3v) is 6.52. The monoisotopic (exact) mass is 455 g/mol. The second-order valence-corrected chi connectivity index (χ2v) is 13.9. The van der Waals surface area contributed by atoms with Gasteiger partial charge in [-0.25, -0.2) is 0 Å². The van der Waals surface area contributed by atoms with Gasteiger partial charge in [-0.05, 0) is 53.1 Å². The molecule has 7 heteroatoms. The lowest BCUT2D eigenvalue weighted by Gasteiger charge is -2.32. The lowest BCUT2D eigenvalue weighted by molar-refractivity contribution is -0.0754. The molecule has 0 radical (unpaired) electrons. The van der Waals surface area contributed by atoms with Crippen LogP contribution < -0.4 is 0 Å². The summed E-state index contributed by atoms with van der Waals surface area (Å²) in [6, 6.07) is 8.38. The quantitative estimate of drug-likeness (QED) is 0.435. The van der Waals surface area contributed by atoms with Gasteiger partial charge in [0.15, 0.2) is 5.71 Å². The van der Waals surface area contributed by atoms with E-state index >= 15 is 0 Å². The van der Waals surface area contributed by atoms with Gasteiger partial charge in [0.2, 0.25) is 0 Å². The van der Waals surface area contributed by atoms with Crippen LogP contribution in [-0.4, -0.2) is 26.1 Å². The van der Waals surface area contributed by atoms with Gasteiger partial charge in [-0.15, -0.1) is 0 Å². The average molecular weight is 455 g/mol. The van der Waals surface area contributed by atoms with Crippen LogP contribution >= 0.6 is 22.6 Å². The molecule has 0 amide bonds. The fourth-order valence-electron chi connectivity index (χ4n) is 2.87. The maximum absolute atomic E-state index is 13.3. The minimum atomic E-state index is -4.44. The Bertz CT molecular complexity index is 583. The summed E-state index contributed by atoms with van der Waals surface area (Å²) in [7, 11) is -1.42. The zero-order chi connectivity index (χ0) is 17.3. The summed E-state index contributed by atoms with van der Waals surface area (Å²) in [5.41, 5.74) is 0.160. The second-order valence-electron chi connectivity index (χ2n) is 7.19. The SMILES string of the molecule is C[Si](C)(C)C[C@H]1C[C@@H](Cc2ccccc2I)C(C(F)(F)F)=NO1. The van der Waals surface area contributed by atoms with Crippen molar-refractivity contribution in [3.8, 4) is 0 Å². The summed E-state index contributed by atoms with van der Waals surface area (Å²) in [5, 5.41) is 3.49. The number of benzene rings is 1. The summed E-state index contributed by atoms with van der Waals surface area (Å²) in [6.07, 6.45) is -3.91. The molecule has 1 aromatic rings.